The van der Waals surface area contributed by atoms with Crippen LogP contribution in [0.5, 0.6) is 5.88 Å². The quantitative estimate of drug-likeness (QED) is 0.843. The van der Waals surface area contributed by atoms with Crippen LogP contribution in [0.1, 0.15) is 39.9 Å². The van der Waals surface area contributed by atoms with Gasteiger partial charge in [0.1, 0.15) is 12.4 Å². The molecule has 0 saturated carbocycles. The van der Waals surface area contributed by atoms with Crippen LogP contribution in [-0.4, -0.2) is 23.2 Å². The smallest absolute Gasteiger partial charge is 0.218 e. The molecular weight excluding hydrogens is 230 g/mol. The van der Waals surface area contributed by atoms with Gasteiger partial charge in [0.25, 0.3) is 0 Å². The molecule has 1 aromatic heterocycles. The maximum Gasteiger partial charge on any atom is 0.218 e. The van der Waals surface area contributed by atoms with Crippen molar-refractivity contribution in [3.63, 3.8) is 0 Å². The summed E-state index contributed by atoms with van der Waals surface area (Å²) in [4.78, 5) is 8.34. The number of nitrogens with two attached hydrogens (primary N) is 1. The zero-order chi connectivity index (χ0) is 13.6. The summed E-state index contributed by atoms with van der Waals surface area (Å²) >= 11 is 0. The number of hydrogen-bond donors (Lipinski definition) is 1. The van der Waals surface area contributed by atoms with Gasteiger partial charge in [-0.05, 0) is 18.8 Å². The summed E-state index contributed by atoms with van der Waals surface area (Å²) in [6, 6.07) is 1.64. The first kappa shape index (κ1) is 14.7. The SMILES string of the molecule is CCOCc1nc(N)cc(OCCC(C)(C)C)n1. The van der Waals surface area contributed by atoms with E-state index in [1.807, 2.05) is 6.92 Å². The zero-order valence-electron chi connectivity index (χ0n) is 11.7. The Morgan fingerprint density at radius 3 is 2.61 bits per heavy atom. The Bertz CT molecular complexity index is 375. The van der Waals surface area contributed by atoms with E-state index in [1.54, 1.807) is 6.07 Å². The van der Waals surface area contributed by atoms with Crippen molar-refractivity contribution in [3.8, 4) is 5.88 Å². The summed E-state index contributed by atoms with van der Waals surface area (Å²) in [6.45, 7) is 10.0. The Morgan fingerprint density at radius 1 is 1.28 bits per heavy atom. The van der Waals surface area contributed by atoms with Crippen LogP contribution in [0.3, 0.4) is 0 Å². The van der Waals surface area contributed by atoms with Gasteiger partial charge in [0.05, 0.1) is 6.61 Å². The van der Waals surface area contributed by atoms with Crippen molar-refractivity contribution in [2.75, 3.05) is 18.9 Å². The summed E-state index contributed by atoms with van der Waals surface area (Å²) in [5.74, 6) is 1.48. The molecule has 0 aliphatic rings. The van der Waals surface area contributed by atoms with Gasteiger partial charge in [0.15, 0.2) is 5.82 Å². The average molecular weight is 253 g/mol. The van der Waals surface area contributed by atoms with E-state index in [2.05, 4.69) is 30.7 Å². The van der Waals surface area contributed by atoms with Crippen LogP contribution in [0.2, 0.25) is 0 Å². The molecule has 0 aliphatic carbocycles. The van der Waals surface area contributed by atoms with Gasteiger partial charge in [-0.25, -0.2) is 4.98 Å². The lowest BCUT2D eigenvalue weighted by Crippen LogP contribution is -2.12. The topological polar surface area (TPSA) is 70.3 Å². The molecule has 0 saturated heterocycles. The van der Waals surface area contributed by atoms with Crippen molar-refractivity contribution in [1.82, 2.24) is 9.97 Å². The third-order valence-electron chi connectivity index (χ3n) is 2.31. The van der Waals surface area contributed by atoms with E-state index < -0.39 is 0 Å². The van der Waals surface area contributed by atoms with Gasteiger partial charge in [-0.1, -0.05) is 20.8 Å². The van der Waals surface area contributed by atoms with Crippen molar-refractivity contribution in [2.24, 2.45) is 5.41 Å². The summed E-state index contributed by atoms with van der Waals surface area (Å²) in [5.41, 5.74) is 5.94. The van der Waals surface area contributed by atoms with Crippen LogP contribution in [0.25, 0.3) is 0 Å². The number of nitrogen functional groups attached to an aromatic ring is 1. The third kappa shape index (κ3) is 5.82. The van der Waals surface area contributed by atoms with Gasteiger partial charge in [-0.15, -0.1) is 0 Å². The molecular formula is C13H23N3O2. The largest absolute Gasteiger partial charge is 0.478 e. The van der Waals surface area contributed by atoms with Crippen molar-refractivity contribution >= 4 is 5.82 Å². The van der Waals surface area contributed by atoms with Crippen LogP contribution < -0.4 is 10.5 Å². The fraction of sp³-hybridized carbons (Fsp3) is 0.692. The molecule has 102 valence electrons. The minimum Gasteiger partial charge on any atom is -0.478 e. The minimum atomic E-state index is 0.243. The maximum atomic E-state index is 5.70. The average Bonchev–Trinajstić information content (AvgIpc) is 2.24. The van der Waals surface area contributed by atoms with E-state index in [4.69, 9.17) is 15.2 Å². The molecule has 1 rings (SSSR count). The van der Waals surface area contributed by atoms with Crippen molar-refractivity contribution in [2.45, 2.75) is 40.7 Å². The summed E-state index contributed by atoms with van der Waals surface area (Å²) in [6.07, 6.45) is 0.956. The van der Waals surface area contributed by atoms with E-state index in [1.165, 1.54) is 0 Å². The first-order valence-electron chi connectivity index (χ1n) is 6.24. The lowest BCUT2D eigenvalue weighted by Gasteiger charge is -2.17. The molecule has 0 aromatic carbocycles. The van der Waals surface area contributed by atoms with Gasteiger partial charge in [-0.2, -0.15) is 4.98 Å². The van der Waals surface area contributed by atoms with Gasteiger partial charge >= 0.3 is 0 Å². The summed E-state index contributed by atoms with van der Waals surface area (Å²) in [7, 11) is 0. The number of rotatable bonds is 6. The van der Waals surface area contributed by atoms with E-state index in [0.717, 1.165) is 6.42 Å². The second-order valence-electron chi connectivity index (χ2n) is 5.34. The second-order valence-corrected chi connectivity index (χ2v) is 5.34. The van der Waals surface area contributed by atoms with Crippen molar-refractivity contribution in [1.29, 1.82) is 0 Å². The molecule has 0 radical (unpaired) electrons. The molecule has 0 fully saturated rings. The highest BCUT2D eigenvalue weighted by Crippen LogP contribution is 2.19. The molecule has 0 unspecified atom stereocenters. The molecule has 1 heterocycles. The van der Waals surface area contributed by atoms with E-state index in [9.17, 15) is 0 Å². The normalized spacial score (nSPS) is 11.6. The first-order chi connectivity index (χ1) is 8.40. The van der Waals surface area contributed by atoms with Crippen LogP contribution in [-0.2, 0) is 11.3 Å². The highest BCUT2D eigenvalue weighted by atomic mass is 16.5. The van der Waals surface area contributed by atoms with Crippen molar-refractivity contribution in [3.05, 3.63) is 11.9 Å². The zero-order valence-corrected chi connectivity index (χ0v) is 11.7. The van der Waals surface area contributed by atoms with Crippen molar-refractivity contribution < 1.29 is 9.47 Å². The van der Waals surface area contributed by atoms with Gasteiger partial charge in [0.2, 0.25) is 5.88 Å². The van der Waals surface area contributed by atoms with E-state index >= 15 is 0 Å². The Labute approximate surface area is 109 Å². The molecule has 0 amide bonds. The molecule has 0 atom stereocenters. The highest BCUT2D eigenvalue weighted by Gasteiger charge is 2.11. The predicted octanol–water partition coefficient (Wildman–Crippen LogP) is 2.41. The lowest BCUT2D eigenvalue weighted by atomic mass is 9.93. The predicted molar refractivity (Wildman–Crippen MR) is 71.3 cm³/mol. The molecule has 5 heteroatoms. The highest BCUT2D eigenvalue weighted by molar-refractivity contribution is 5.32. The number of aromatic nitrogens is 2. The number of hydrogen-bond acceptors (Lipinski definition) is 5. The Kier molecular flexibility index (Phi) is 5.34. The summed E-state index contributed by atoms with van der Waals surface area (Å²) in [5, 5.41) is 0. The van der Waals surface area contributed by atoms with Gasteiger partial charge in [0, 0.05) is 12.7 Å². The molecule has 18 heavy (non-hydrogen) atoms. The number of anilines is 1. The molecule has 0 aliphatic heterocycles. The Balaban J connectivity index is 2.57. The van der Waals surface area contributed by atoms with Gasteiger partial charge < -0.3 is 15.2 Å². The lowest BCUT2D eigenvalue weighted by molar-refractivity contribution is 0.127. The van der Waals surface area contributed by atoms with Crippen LogP contribution in [0.4, 0.5) is 5.82 Å². The molecule has 1 aromatic rings. The third-order valence-corrected chi connectivity index (χ3v) is 2.31. The maximum absolute atomic E-state index is 5.70. The molecule has 5 nitrogen and oxygen atoms in total. The second kappa shape index (κ2) is 6.54. The Hall–Kier alpha value is -1.36. The Morgan fingerprint density at radius 2 is 2.00 bits per heavy atom. The number of nitrogens with zero attached hydrogens (tertiary/aromatic N) is 2. The monoisotopic (exact) mass is 253 g/mol. The van der Waals surface area contributed by atoms with Crippen LogP contribution in [0.15, 0.2) is 6.07 Å². The molecule has 2 N–H and O–H groups in total. The first-order valence-corrected chi connectivity index (χ1v) is 6.24. The molecule has 0 bridgehead atoms. The van der Waals surface area contributed by atoms with E-state index in [-0.39, 0.29) is 5.41 Å². The molecule has 0 spiro atoms. The van der Waals surface area contributed by atoms with E-state index in [0.29, 0.717) is 37.3 Å². The standard InChI is InChI=1S/C13H23N3O2/c1-5-17-9-11-15-10(14)8-12(16-11)18-7-6-13(2,3)4/h8H,5-7,9H2,1-4H3,(H2,14,15,16). The van der Waals surface area contributed by atoms with Gasteiger partial charge in [-0.3, -0.25) is 0 Å². The summed E-state index contributed by atoms with van der Waals surface area (Å²) < 4.78 is 10.8. The number of ether oxygens (including phenoxy) is 2. The fourth-order valence-corrected chi connectivity index (χ4v) is 1.29. The minimum absolute atomic E-state index is 0.243. The van der Waals surface area contributed by atoms with Crippen LogP contribution >= 0.6 is 0 Å². The van der Waals surface area contributed by atoms with Crippen LogP contribution in [0, 0.1) is 5.41 Å². The fourth-order valence-electron chi connectivity index (χ4n) is 1.29.